The van der Waals surface area contributed by atoms with Gasteiger partial charge in [0.05, 0.1) is 11.8 Å². The van der Waals surface area contributed by atoms with Crippen LogP contribution in [0.1, 0.15) is 19.4 Å². The molecule has 0 aliphatic carbocycles. The first-order chi connectivity index (χ1) is 9.90. The van der Waals surface area contributed by atoms with Crippen LogP contribution in [0.3, 0.4) is 0 Å². The van der Waals surface area contributed by atoms with Crippen LogP contribution in [-0.2, 0) is 16.0 Å². The van der Waals surface area contributed by atoms with Gasteiger partial charge >= 0.3 is 0 Å². The summed E-state index contributed by atoms with van der Waals surface area (Å²) in [6.07, 6.45) is 0.556. The third kappa shape index (κ3) is 6.67. The molecule has 0 aliphatic heterocycles. The number of nitrogens with one attached hydrogen (secondary N) is 1. The molecule has 0 heterocycles. The van der Waals surface area contributed by atoms with Crippen molar-refractivity contribution in [1.29, 1.82) is 0 Å². The summed E-state index contributed by atoms with van der Waals surface area (Å²) in [4.78, 5) is 25.3. The molecule has 0 saturated heterocycles. The lowest BCUT2D eigenvalue weighted by Gasteiger charge is -2.21. The topological polar surface area (TPSA) is 49.4 Å². The van der Waals surface area contributed by atoms with Gasteiger partial charge in [0.15, 0.2) is 0 Å². The SMILES string of the molecule is CC(C)CNC(=O)CN(C)C(=O)C(S)Cc1ccccc1. The number of carbonyl (C=O) groups is 2. The average molecular weight is 308 g/mol. The van der Waals surface area contributed by atoms with E-state index in [1.807, 2.05) is 44.2 Å². The number of amides is 2. The van der Waals surface area contributed by atoms with Crippen molar-refractivity contribution in [1.82, 2.24) is 10.2 Å². The first-order valence-electron chi connectivity index (χ1n) is 7.13. The summed E-state index contributed by atoms with van der Waals surface area (Å²) in [6, 6.07) is 9.73. The number of rotatable bonds is 7. The Morgan fingerprint density at radius 2 is 1.86 bits per heavy atom. The van der Waals surface area contributed by atoms with E-state index in [1.165, 1.54) is 4.90 Å². The van der Waals surface area contributed by atoms with Crippen molar-refractivity contribution in [2.24, 2.45) is 5.92 Å². The molecular weight excluding hydrogens is 284 g/mol. The molecule has 4 nitrogen and oxygen atoms in total. The zero-order chi connectivity index (χ0) is 15.8. The number of benzene rings is 1. The Kier molecular flexibility index (Phi) is 7.29. The van der Waals surface area contributed by atoms with Crippen LogP contribution in [0.25, 0.3) is 0 Å². The van der Waals surface area contributed by atoms with Crippen LogP contribution >= 0.6 is 12.6 Å². The molecule has 1 aromatic rings. The van der Waals surface area contributed by atoms with Gasteiger partial charge in [-0.25, -0.2) is 0 Å². The number of carbonyl (C=O) groups excluding carboxylic acids is 2. The van der Waals surface area contributed by atoms with Crippen molar-refractivity contribution in [3.05, 3.63) is 35.9 Å². The van der Waals surface area contributed by atoms with Gasteiger partial charge in [-0.15, -0.1) is 0 Å². The molecule has 1 aromatic carbocycles. The van der Waals surface area contributed by atoms with Crippen molar-refractivity contribution in [2.75, 3.05) is 20.1 Å². The molecule has 1 atom stereocenters. The standard InChI is InChI=1S/C16H24N2O2S/c1-12(2)10-17-15(19)11-18(3)16(20)14(21)9-13-7-5-4-6-8-13/h4-8,12,14,21H,9-11H2,1-3H3,(H,17,19). The summed E-state index contributed by atoms with van der Waals surface area (Å²) in [6.45, 7) is 4.74. The highest BCUT2D eigenvalue weighted by Gasteiger charge is 2.20. The minimum Gasteiger partial charge on any atom is -0.354 e. The second kappa shape index (κ2) is 8.72. The maximum Gasteiger partial charge on any atom is 0.239 e. The van der Waals surface area contributed by atoms with Crippen molar-refractivity contribution in [3.63, 3.8) is 0 Å². The van der Waals surface area contributed by atoms with Crippen LogP contribution in [0.5, 0.6) is 0 Å². The van der Waals surface area contributed by atoms with E-state index < -0.39 is 5.25 Å². The predicted octanol–water partition coefficient (Wildman–Crippen LogP) is 1.76. The van der Waals surface area contributed by atoms with E-state index in [9.17, 15) is 9.59 Å². The van der Waals surface area contributed by atoms with E-state index in [-0.39, 0.29) is 18.4 Å². The third-order valence-corrected chi connectivity index (χ3v) is 3.42. The highest BCUT2D eigenvalue weighted by atomic mass is 32.1. The lowest BCUT2D eigenvalue weighted by molar-refractivity contribution is -0.134. The summed E-state index contributed by atoms with van der Waals surface area (Å²) in [7, 11) is 1.63. The maximum atomic E-state index is 12.2. The molecule has 0 bridgehead atoms. The molecule has 0 aromatic heterocycles. The van der Waals surface area contributed by atoms with Gasteiger partial charge in [0.2, 0.25) is 11.8 Å². The van der Waals surface area contributed by atoms with E-state index >= 15 is 0 Å². The van der Waals surface area contributed by atoms with Gasteiger partial charge in [0.25, 0.3) is 0 Å². The van der Waals surface area contributed by atoms with Crippen LogP contribution in [0.15, 0.2) is 30.3 Å². The van der Waals surface area contributed by atoms with E-state index in [0.29, 0.717) is 18.9 Å². The molecule has 1 rings (SSSR count). The number of hydrogen-bond acceptors (Lipinski definition) is 3. The smallest absolute Gasteiger partial charge is 0.239 e. The van der Waals surface area contributed by atoms with Crippen LogP contribution in [0, 0.1) is 5.92 Å². The fourth-order valence-corrected chi connectivity index (χ4v) is 2.25. The van der Waals surface area contributed by atoms with Crippen molar-refractivity contribution in [2.45, 2.75) is 25.5 Å². The van der Waals surface area contributed by atoms with E-state index in [4.69, 9.17) is 0 Å². The molecule has 5 heteroatoms. The zero-order valence-electron chi connectivity index (χ0n) is 12.9. The van der Waals surface area contributed by atoms with Gasteiger partial charge < -0.3 is 10.2 Å². The quantitative estimate of drug-likeness (QED) is 0.754. The summed E-state index contributed by atoms with van der Waals surface area (Å²) in [5, 5.41) is 2.36. The summed E-state index contributed by atoms with van der Waals surface area (Å²) >= 11 is 4.36. The predicted molar refractivity (Wildman–Crippen MR) is 88.4 cm³/mol. The van der Waals surface area contributed by atoms with E-state index in [1.54, 1.807) is 7.05 Å². The Bertz CT molecular complexity index is 463. The molecular formula is C16H24N2O2S. The molecule has 2 amide bonds. The molecule has 21 heavy (non-hydrogen) atoms. The fraction of sp³-hybridized carbons (Fsp3) is 0.500. The Labute approximate surface area is 132 Å². The lowest BCUT2D eigenvalue weighted by atomic mass is 10.1. The number of likely N-dealkylation sites (N-methyl/N-ethyl adjacent to an activating group) is 1. The average Bonchev–Trinajstić information content (AvgIpc) is 2.45. The van der Waals surface area contributed by atoms with Crippen LogP contribution in [0.4, 0.5) is 0 Å². The van der Waals surface area contributed by atoms with Crippen molar-refractivity contribution >= 4 is 24.4 Å². The Morgan fingerprint density at radius 1 is 1.24 bits per heavy atom. The molecule has 0 spiro atoms. The van der Waals surface area contributed by atoms with Gasteiger partial charge in [0.1, 0.15) is 0 Å². The van der Waals surface area contributed by atoms with Gasteiger partial charge in [-0.05, 0) is 17.9 Å². The highest BCUT2D eigenvalue weighted by Crippen LogP contribution is 2.10. The molecule has 1 unspecified atom stereocenters. The molecule has 116 valence electrons. The summed E-state index contributed by atoms with van der Waals surface area (Å²) in [5.74, 6) is 0.118. The summed E-state index contributed by atoms with van der Waals surface area (Å²) in [5.41, 5.74) is 1.06. The molecule has 1 N–H and O–H groups in total. The molecule has 0 aliphatic rings. The minimum absolute atomic E-state index is 0.0669. The first-order valence-corrected chi connectivity index (χ1v) is 7.65. The van der Waals surface area contributed by atoms with E-state index in [2.05, 4.69) is 17.9 Å². The first kappa shape index (κ1) is 17.6. The lowest BCUT2D eigenvalue weighted by Crippen LogP contribution is -2.42. The van der Waals surface area contributed by atoms with Crippen molar-refractivity contribution in [3.8, 4) is 0 Å². The monoisotopic (exact) mass is 308 g/mol. The van der Waals surface area contributed by atoms with Gasteiger partial charge in [0, 0.05) is 13.6 Å². The van der Waals surface area contributed by atoms with Gasteiger partial charge in [-0.1, -0.05) is 44.2 Å². The van der Waals surface area contributed by atoms with Gasteiger partial charge in [-0.2, -0.15) is 12.6 Å². The minimum atomic E-state index is -0.435. The van der Waals surface area contributed by atoms with Gasteiger partial charge in [-0.3, -0.25) is 9.59 Å². The zero-order valence-corrected chi connectivity index (χ0v) is 13.8. The largest absolute Gasteiger partial charge is 0.354 e. The Morgan fingerprint density at radius 3 is 2.43 bits per heavy atom. The normalized spacial score (nSPS) is 12.0. The third-order valence-electron chi connectivity index (χ3n) is 3.02. The Hall–Kier alpha value is -1.49. The van der Waals surface area contributed by atoms with Crippen LogP contribution in [-0.4, -0.2) is 42.1 Å². The summed E-state index contributed by atoms with van der Waals surface area (Å²) < 4.78 is 0. The second-order valence-electron chi connectivity index (χ2n) is 5.60. The number of hydrogen-bond donors (Lipinski definition) is 2. The van der Waals surface area contributed by atoms with Crippen molar-refractivity contribution < 1.29 is 9.59 Å². The molecule has 0 radical (unpaired) electrons. The Balaban J connectivity index is 2.44. The maximum absolute atomic E-state index is 12.2. The molecule has 0 fully saturated rings. The molecule has 0 saturated carbocycles. The van der Waals surface area contributed by atoms with Crippen LogP contribution in [0.2, 0.25) is 0 Å². The number of nitrogens with zero attached hydrogens (tertiary/aromatic N) is 1. The highest BCUT2D eigenvalue weighted by molar-refractivity contribution is 7.81. The fourth-order valence-electron chi connectivity index (χ4n) is 1.85. The van der Waals surface area contributed by atoms with Crippen LogP contribution < -0.4 is 5.32 Å². The number of thiol groups is 1. The van der Waals surface area contributed by atoms with E-state index in [0.717, 1.165) is 5.56 Å². The second-order valence-corrected chi connectivity index (χ2v) is 6.22.